The molecule has 2 aromatic heterocycles. The number of anilines is 2. The molecule has 6 heteroatoms. The minimum absolute atomic E-state index is 0.250. The predicted octanol–water partition coefficient (Wildman–Crippen LogP) is 2.28. The van der Waals surface area contributed by atoms with Crippen LogP contribution in [-0.2, 0) is 0 Å². The first-order chi connectivity index (χ1) is 9.86. The van der Waals surface area contributed by atoms with E-state index in [9.17, 15) is 0 Å². The molecule has 0 atom stereocenters. The Kier molecular flexibility index (Phi) is 3.08. The fraction of sp³-hybridized carbons (Fsp3) is 0. The average molecular weight is 262 g/mol. The first kappa shape index (κ1) is 11.9. The van der Waals surface area contributed by atoms with Gasteiger partial charge in [-0.1, -0.05) is 18.2 Å². The van der Waals surface area contributed by atoms with Crippen LogP contribution >= 0.6 is 0 Å². The summed E-state index contributed by atoms with van der Waals surface area (Å²) in [5.41, 5.74) is 1.95. The van der Waals surface area contributed by atoms with Gasteiger partial charge in [0.15, 0.2) is 11.5 Å². The molecule has 20 heavy (non-hydrogen) atoms. The topological polar surface area (TPSA) is 79.4 Å². The summed E-state index contributed by atoms with van der Waals surface area (Å²) in [4.78, 5) is 8.04. The third kappa shape index (κ3) is 2.33. The van der Waals surface area contributed by atoms with Gasteiger partial charge in [0, 0.05) is 12.4 Å². The Bertz CT molecular complexity index is 757. The molecule has 96 valence electrons. The highest BCUT2D eigenvalue weighted by molar-refractivity contribution is 5.59. The normalized spacial score (nSPS) is 9.95. The van der Waals surface area contributed by atoms with E-state index in [2.05, 4.69) is 20.4 Å². The molecule has 2 heterocycles. The highest BCUT2D eigenvalue weighted by Gasteiger charge is 2.06. The summed E-state index contributed by atoms with van der Waals surface area (Å²) in [7, 11) is 0. The number of hydrogen-bond donors (Lipinski definition) is 1. The molecule has 0 saturated heterocycles. The van der Waals surface area contributed by atoms with Crippen molar-refractivity contribution in [2.75, 3.05) is 5.32 Å². The quantitative estimate of drug-likeness (QED) is 0.783. The van der Waals surface area contributed by atoms with Gasteiger partial charge in [-0.05, 0) is 12.1 Å². The van der Waals surface area contributed by atoms with Gasteiger partial charge >= 0.3 is 0 Å². The first-order valence-electron chi connectivity index (χ1n) is 5.95. The van der Waals surface area contributed by atoms with E-state index in [0.717, 1.165) is 11.4 Å². The minimum Gasteiger partial charge on any atom is -0.335 e. The van der Waals surface area contributed by atoms with Gasteiger partial charge in [-0.2, -0.15) is 10.4 Å². The molecule has 0 bridgehead atoms. The van der Waals surface area contributed by atoms with Crippen molar-refractivity contribution in [3.8, 4) is 11.8 Å². The maximum absolute atomic E-state index is 8.97. The van der Waals surface area contributed by atoms with Gasteiger partial charge in [0.05, 0.1) is 23.8 Å². The van der Waals surface area contributed by atoms with E-state index in [1.165, 1.54) is 12.4 Å². The van der Waals surface area contributed by atoms with Crippen LogP contribution in [0.1, 0.15) is 5.69 Å². The molecule has 0 spiro atoms. The molecule has 0 saturated carbocycles. The van der Waals surface area contributed by atoms with Crippen molar-refractivity contribution in [1.29, 1.82) is 5.26 Å². The summed E-state index contributed by atoms with van der Waals surface area (Å²) in [5.74, 6) is 0.419. The zero-order valence-corrected chi connectivity index (χ0v) is 10.4. The van der Waals surface area contributed by atoms with E-state index < -0.39 is 0 Å². The van der Waals surface area contributed by atoms with Crippen LogP contribution in [-0.4, -0.2) is 19.7 Å². The third-order valence-electron chi connectivity index (χ3n) is 2.67. The van der Waals surface area contributed by atoms with E-state index in [0.29, 0.717) is 5.82 Å². The Morgan fingerprint density at radius 2 is 1.90 bits per heavy atom. The second kappa shape index (κ2) is 5.20. The largest absolute Gasteiger partial charge is 0.335 e. The van der Waals surface area contributed by atoms with Crippen molar-refractivity contribution in [3.05, 3.63) is 60.8 Å². The maximum atomic E-state index is 8.97. The Morgan fingerprint density at radius 3 is 2.70 bits per heavy atom. The smallest absolute Gasteiger partial charge is 0.183 e. The molecular formula is C14H10N6. The van der Waals surface area contributed by atoms with E-state index in [-0.39, 0.29) is 5.69 Å². The molecule has 3 aromatic rings. The molecule has 0 aliphatic carbocycles. The standard InChI is InChI=1S/C14H10N6/c15-8-13-14(17-7-6-16-13)19-11-9-18-20(10-11)12-4-2-1-3-5-12/h1-7,9-10H,(H,17,19). The van der Waals surface area contributed by atoms with Crippen molar-refractivity contribution in [1.82, 2.24) is 19.7 Å². The lowest BCUT2D eigenvalue weighted by Crippen LogP contribution is -1.97. The van der Waals surface area contributed by atoms with Crippen LogP contribution in [0.4, 0.5) is 11.5 Å². The monoisotopic (exact) mass is 262 g/mol. The number of aromatic nitrogens is 4. The molecule has 0 aliphatic rings. The van der Waals surface area contributed by atoms with Crippen LogP contribution in [0.3, 0.4) is 0 Å². The van der Waals surface area contributed by atoms with Crippen molar-refractivity contribution in [2.24, 2.45) is 0 Å². The molecule has 0 aliphatic heterocycles. The van der Waals surface area contributed by atoms with Crippen molar-refractivity contribution in [3.63, 3.8) is 0 Å². The van der Waals surface area contributed by atoms with Crippen molar-refractivity contribution in [2.45, 2.75) is 0 Å². The summed E-state index contributed by atoms with van der Waals surface area (Å²) < 4.78 is 1.74. The molecule has 0 radical (unpaired) electrons. The number of nitrogens with zero attached hydrogens (tertiary/aromatic N) is 5. The SMILES string of the molecule is N#Cc1nccnc1Nc1cnn(-c2ccccc2)c1. The molecular weight excluding hydrogens is 252 g/mol. The molecule has 0 amide bonds. The van der Waals surface area contributed by atoms with Crippen LogP contribution < -0.4 is 5.32 Å². The highest BCUT2D eigenvalue weighted by Crippen LogP contribution is 2.17. The average Bonchev–Trinajstić information content (AvgIpc) is 2.97. The molecule has 1 aromatic carbocycles. The van der Waals surface area contributed by atoms with Gasteiger partial charge in [-0.3, -0.25) is 0 Å². The highest BCUT2D eigenvalue weighted by atomic mass is 15.3. The van der Waals surface area contributed by atoms with E-state index >= 15 is 0 Å². The number of para-hydroxylation sites is 1. The summed E-state index contributed by atoms with van der Waals surface area (Å²) >= 11 is 0. The predicted molar refractivity (Wildman–Crippen MR) is 73.6 cm³/mol. The molecule has 1 N–H and O–H groups in total. The Hall–Kier alpha value is -3.20. The van der Waals surface area contributed by atoms with Crippen LogP contribution in [0.15, 0.2) is 55.1 Å². The van der Waals surface area contributed by atoms with E-state index in [1.54, 1.807) is 10.9 Å². The Balaban J connectivity index is 1.87. The summed E-state index contributed by atoms with van der Waals surface area (Å²) in [6.07, 6.45) is 6.51. The van der Waals surface area contributed by atoms with Gasteiger partial charge < -0.3 is 5.32 Å². The number of nitrogens with one attached hydrogen (secondary N) is 1. The van der Waals surface area contributed by atoms with Crippen LogP contribution in [0.5, 0.6) is 0 Å². The van der Waals surface area contributed by atoms with Crippen molar-refractivity contribution >= 4 is 11.5 Å². The van der Waals surface area contributed by atoms with Gasteiger partial charge in [-0.15, -0.1) is 0 Å². The van der Waals surface area contributed by atoms with Gasteiger partial charge in [0.1, 0.15) is 6.07 Å². The van der Waals surface area contributed by atoms with Gasteiger partial charge in [0.2, 0.25) is 0 Å². The number of hydrogen-bond acceptors (Lipinski definition) is 5. The lowest BCUT2D eigenvalue weighted by atomic mass is 10.3. The number of benzene rings is 1. The minimum atomic E-state index is 0.250. The molecule has 3 rings (SSSR count). The molecule has 0 unspecified atom stereocenters. The van der Waals surface area contributed by atoms with Crippen LogP contribution in [0.2, 0.25) is 0 Å². The molecule has 6 nitrogen and oxygen atoms in total. The first-order valence-corrected chi connectivity index (χ1v) is 5.95. The fourth-order valence-electron chi connectivity index (χ4n) is 1.76. The van der Waals surface area contributed by atoms with Crippen LogP contribution in [0, 0.1) is 11.3 Å². The van der Waals surface area contributed by atoms with Gasteiger partial charge in [-0.25, -0.2) is 14.6 Å². The van der Waals surface area contributed by atoms with Gasteiger partial charge in [0.25, 0.3) is 0 Å². The molecule has 0 fully saturated rings. The summed E-state index contributed by atoms with van der Waals surface area (Å²) in [6.45, 7) is 0. The fourth-order valence-corrected chi connectivity index (χ4v) is 1.76. The summed E-state index contributed by atoms with van der Waals surface area (Å²) in [5, 5.41) is 16.3. The zero-order chi connectivity index (χ0) is 13.8. The lowest BCUT2D eigenvalue weighted by molar-refractivity contribution is 0.881. The third-order valence-corrected chi connectivity index (χ3v) is 2.67. The van der Waals surface area contributed by atoms with E-state index in [1.807, 2.05) is 42.6 Å². The zero-order valence-electron chi connectivity index (χ0n) is 10.4. The van der Waals surface area contributed by atoms with Crippen molar-refractivity contribution < 1.29 is 0 Å². The second-order valence-electron chi connectivity index (χ2n) is 4.00. The Morgan fingerprint density at radius 1 is 1.10 bits per heavy atom. The number of nitriles is 1. The Labute approximate surface area is 115 Å². The van der Waals surface area contributed by atoms with Crippen LogP contribution in [0.25, 0.3) is 5.69 Å². The summed E-state index contributed by atoms with van der Waals surface area (Å²) in [6, 6.07) is 11.7. The lowest BCUT2D eigenvalue weighted by Gasteiger charge is -2.03. The maximum Gasteiger partial charge on any atom is 0.183 e. The second-order valence-corrected chi connectivity index (χ2v) is 4.00. The van der Waals surface area contributed by atoms with E-state index in [4.69, 9.17) is 5.26 Å². The number of rotatable bonds is 3.